The third kappa shape index (κ3) is 3.94. The van der Waals surface area contributed by atoms with E-state index >= 15 is 0 Å². The van der Waals surface area contributed by atoms with Crippen LogP contribution in [0.4, 0.5) is 0 Å². The Bertz CT molecular complexity index is 517. The number of hydrogen-bond acceptors (Lipinski definition) is 2. The van der Waals surface area contributed by atoms with Crippen LogP contribution in [0.2, 0.25) is 5.02 Å². The Morgan fingerprint density at radius 2 is 2.11 bits per heavy atom. The van der Waals surface area contributed by atoms with Crippen molar-refractivity contribution in [3.05, 3.63) is 33.3 Å². The molecular weight excluding hydrogens is 334 g/mol. The molecule has 0 spiro atoms. The number of hydrogen-bond donors (Lipinski definition) is 1. The summed E-state index contributed by atoms with van der Waals surface area (Å²) in [5.74, 6) is -0.852. The number of nitrogens with zero attached hydrogens (tertiary/aromatic N) is 1. The summed E-state index contributed by atoms with van der Waals surface area (Å²) >= 11 is 9.21. The first-order valence-corrected chi connectivity index (χ1v) is 7.10. The van der Waals surface area contributed by atoms with Gasteiger partial charge in [-0.05, 0) is 52.9 Å². The van der Waals surface area contributed by atoms with Gasteiger partial charge < -0.3 is 10.0 Å². The maximum Gasteiger partial charge on any atom is 0.323 e. The lowest BCUT2D eigenvalue weighted by atomic mass is 10.2. The summed E-state index contributed by atoms with van der Waals surface area (Å²) in [5.41, 5.74) is 0.412. The average molecular weight is 347 g/mol. The Balaban J connectivity index is 2.16. The smallest absolute Gasteiger partial charge is 0.323 e. The van der Waals surface area contributed by atoms with Gasteiger partial charge in [-0.1, -0.05) is 11.6 Å². The van der Waals surface area contributed by atoms with Crippen LogP contribution >= 0.6 is 27.5 Å². The van der Waals surface area contributed by atoms with Gasteiger partial charge in [0.25, 0.3) is 5.91 Å². The molecule has 1 fully saturated rings. The van der Waals surface area contributed by atoms with Crippen LogP contribution in [-0.2, 0) is 4.79 Å². The van der Waals surface area contributed by atoms with Crippen molar-refractivity contribution in [3.8, 4) is 0 Å². The number of carbonyl (C=O) groups is 2. The minimum absolute atomic E-state index is 0.275. The standard InChI is InChI=1S/C13H13BrClNO3/c14-10-4-3-9(5-11(10)15)13(19)16(7-12(17)18)6-8-1-2-8/h3-5,8H,1-2,6-7H2,(H,17,18). The van der Waals surface area contributed by atoms with Gasteiger partial charge in [0, 0.05) is 16.6 Å². The fraction of sp³-hybridized carbons (Fsp3) is 0.385. The van der Waals surface area contributed by atoms with Gasteiger partial charge in [0.15, 0.2) is 0 Å². The second-order valence-electron chi connectivity index (χ2n) is 4.65. The van der Waals surface area contributed by atoms with E-state index in [1.807, 2.05) is 0 Å². The molecule has 1 saturated carbocycles. The fourth-order valence-electron chi connectivity index (χ4n) is 1.81. The summed E-state index contributed by atoms with van der Waals surface area (Å²) in [6, 6.07) is 4.88. The van der Waals surface area contributed by atoms with Crippen LogP contribution in [0, 0.1) is 5.92 Å². The van der Waals surface area contributed by atoms with E-state index in [4.69, 9.17) is 16.7 Å². The van der Waals surface area contributed by atoms with Gasteiger partial charge in [0.05, 0.1) is 5.02 Å². The summed E-state index contributed by atoms with van der Waals surface area (Å²) in [5, 5.41) is 9.32. The van der Waals surface area contributed by atoms with E-state index in [1.54, 1.807) is 18.2 Å². The SMILES string of the molecule is O=C(O)CN(CC1CC1)C(=O)c1ccc(Br)c(Cl)c1. The first kappa shape index (κ1) is 14.3. The highest BCUT2D eigenvalue weighted by atomic mass is 79.9. The third-order valence-electron chi connectivity index (χ3n) is 2.96. The van der Waals surface area contributed by atoms with Crippen LogP contribution in [0.3, 0.4) is 0 Å². The molecule has 4 nitrogen and oxygen atoms in total. The van der Waals surface area contributed by atoms with Crippen LogP contribution in [0.5, 0.6) is 0 Å². The molecule has 1 aliphatic rings. The van der Waals surface area contributed by atoms with Gasteiger partial charge >= 0.3 is 5.97 Å². The molecule has 0 radical (unpaired) electrons. The molecule has 1 aliphatic carbocycles. The van der Waals surface area contributed by atoms with Crippen LogP contribution < -0.4 is 0 Å². The highest BCUT2D eigenvalue weighted by molar-refractivity contribution is 9.10. The second kappa shape index (κ2) is 5.92. The molecule has 1 N–H and O–H groups in total. The summed E-state index contributed by atoms with van der Waals surface area (Å²) < 4.78 is 0.706. The number of rotatable bonds is 5. The number of amides is 1. The summed E-state index contributed by atoms with van der Waals surface area (Å²) in [7, 11) is 0. The van der Waals surface area contributed by atoms with Gasteiger partial charge in [0.1, 0.15) is 6.54 Å². The van der Waals surface area contributed by atoms with E-state index in [2.05, 4.69) is 15.9 Å². The maximum atomic E-state index is 12.3. The number of carboxylic acid groups (broad SMARTS) is 1. The number of carboxylic acids is 1. The van der Waals surface area contributed by atoms with Crippen molar-refractivity contribution in [2.24, 2.45) is 5.92 Å². The lowest BCUT2D eigenvalue weighted by molar-refractivity contribution is -0.137. The molecule has 0 atom stereocenters. The lowest BCUT2D eigenvalue weighted by Gasteiger charge is -2.20. The van der Waals surface area contributed by atoms with E-state index in [-0.39, 0.29) is 12.5 Å². The van der Waals surface area contributed by atoms with Crippen LogP contribution in [0.15, 0.2) is 22.7 Å². The van der Waals surface area contributed by atoms with Crippen molar-refractivity contribution in [2.45, 2.75) is 12.8 Å². The zero-order valence-corrected chi connectivity index (χ0v) is 12.4. The molecule has 2 rings (SSSR count). The molecule has 0 aromatic heterocycles. The Kier molecular flexibility index (Phi) is 4.47. The predicted molar refractivity (Wildman–Crippen MR) is 75.4 cm³/mol. The number of aliphatic carboxylic acids is 1. The van der Waals surface area contributed by atoms with Gasteiger partial charge in [0.2, 0.25) is 0 Å². The van der Waals surface area contributed by atoms with Crippen molar-refractivity contribution in [1.82, 2.24) is 4.90 Å². The lowest BCUT2D eigenvalue weighted by Crippen LogP contribution is -2.37. The van der Waals surface area contributed by atoms with Gasteiger partial charge in [-0.15, -0.1) is 0 Å². The number of carbonyl (C=O) groups excluding carboxylic acids is 1. The highest BCUT2D eigenvalue weighted by Gasteiger charge is 2.28. The maximum absolute atomic E-state index is 12.3. The first-order chi connectivity index (χ1) is 8.97. The zero-order chi connectivity index (χ0) is 14.0. The van der Waals surface area contributed by atoms with Crippen LogP contribution in [0.25, 0.3) is 0 Å². The minimum atomic E-state index is -1.00. The highest BCUT2D eigenvalue weighted by Crippen LogP contribution is 2.30. The Morgan fingerprint density at radius 1 is 1.42 bits per heavy atom. The molecule has 0 aliphatic heterocycles. The monoisotopic (exact) mass is 345 g/mol. The Morgan fingerprint density at radius 3 is 2.63 bits per heavy atom. The zero-order valence-electron chi connectivity index (χ0n) is 10.1. The van der Waals surface area contributed by atoms with Crippen molar-refractivity contribution >= 4 is 39.4 Å². The van der Waals surface area contributed by atoms with Gasteiger partial charge in [-0.3, -0.25) is 9.59 Å². The quantitative estimate of drug-likeness (QED) is 0.891. The Hall–Kier alpha value is -1.07. The number of benzene rings is 1. The van der Waals surface area contributed by atoms with E-state index in [9.17, 15) is 9.59 Å². The second-order valence-corrected chi connectivity index (χ2v) is 5.91. The summed E-state index contributed by atoms with van der Waals surface area (Å²) in [6.07, 6.45) is 2.12. The molecule has 19 heavy (non-hydrogen) atoms. The minimum Gasteiger partial charge on any atom is -0.480 e. The predicted octanol–water partition coefficient (Wildman–Crippen LogP) is 3.04. The van der Waals surface area contributed by atoms with Gasteiger partial charge in [-0.2, -0.15) is 0 Å². The number of halogens is 2. The first-order valence-electron chi connectivity index (χ1n) is 5.93. The normalized spacial score (nSPS) is 14.2. The molecule has 102 valence electrons. The van der Waals surface area contributed by atoms with Crippen LogP contribution in [0.1, 0.15) is 23.2 Å². The average Bonchev–Trinajstić information content (AvgIpc) is 3.14. The van der Waals surface area contributed by atoms with E-state index < -0.39 is 5.97 Å². The van der Waals surface area contributed by atoms with Gasteiger partial charge in [-0.25, -0.2) is 0 Å². The summed E-state index contributed by atoms with van der Waals surface area (Å²) in [6.45, 7) is 0.224. The molecular formula is C13H13BrClNO3. The molecule has 0 saturated heterocycles. The largest absolute Gasteiger partial charge is 0.480 e. The summed E-state index contributed by atoms with van der Waals surface area (Å²) in [4.78, 5) is 24.5. The molecule has 0 bridgehead atoms. The van der Waals surface area contributed by atoms with E-state index in [0.29, 0.717) is 27.5 Å². The van der Waals surface area contributed by atoms with Crippen molar-refractivity contribution < 1.29 is 14.7 Å². The Labute approximate surface area is 124 Å². The topological polar surface area (TPSA) is 57.6 Å². The molecule has 0 heterocycles. The van der Waals surface area contributed by atoms with Crippen LogP contribution in [-0.4, -0.2) is 35.0 Å². The molecule has 0 unspecified atom stereocenters. The van der Waals surface area contributed by atoms with Crippen molar-refractivity contribution in [3.63, 3.8) is 0 Å². The molecule has 1 aromatic rings. The van der Waals surface area contributed by atoms with Crippen molar-refractivity contribution in [1.29, 1.82) is 0 Å². The molecule has 1 aromatic carbocycles. The van der Waals surface area contributed by atoms with E-state index in [1.165, 1.54) is 4.90 Å². The van der Waals surface area contributed by atoms with E-state index in [0.717, 1.165) is 12.8 Å². The fourth-order valence-corrected chi connectivity index (χ4v) is 2.23. The molecule has 6 heteroatoms. The third-order valence-corrected chi connectivity index (χ3v) is 4.19. The molecule has 1 amide bonds. The van der Waals surface area contributed by atoms with Crippen molar-refractivity contribution in [2.75, 3.05) is 13.1 Å².